The molecule has 180 valence electrons. The van der Waals surface area contributed by atoms with Crippen LogP contribution in [0.2, 0.25) is 5.02 Å². The highest BCUT2D eigenvalue weighted by molar-refractivity contribution is 6.30. The van der Waals surface area contributed by atoms with Crippen LogP contribution < -0.4 is 5.32 Å². The Bertz CT molecular complexity index is 935. The van der Waals surface area contributed by atoms with Crippen LogP contribution in [0.4, 0.5) is 5.69 Å². The van der Waals surface area contributed by atoms with Crippen molar-refractivity contribution in [3.05, 3.63) is 29.3 Å². The van der Waals surface area contributed by atoms with Crippen LogP contribution >= 0.6 is 11.6 Å². The lowest BCUT2D eigenvalue weighted by Crippen LogP contribution is -2.56. The molecule has 0 aliphatic carbocycles. The fraction of sp³-hybridized carbons (Fsp3) is 0.625. The molecule has 8 nitrogen and oxygen atoms in total. The van der Waals surface area contributed by atoms with Crippen molar-refractivity contribution in [3.63, 3.8) is 0 Å². The quantitative estimate of drug-likeness (QED) is 0.557. The van der Waals surface area contributed by atoms with E-state index >= 15 is 0 Å². The molecule has 2 N–H and O–H groups in total. The number of nitrogens with zero attached hydrogens (tertiary/aromatic N) is 1. The normalized spacial score (nSPS) is 33.2. The van der Waals surface area contributed by atoms with Crippen molar-refractivity contribution < 1.29 is 29.0 Å². The van der Waals surface area contributed by atoms with E-state index in [-0.39, 0.29) is 19.1 Å². The summed E-state index contributed by atoms with van der Waals surface area (Å²) >= 11 is 5.97. The van der Waals surface area contributed by atoms with E-state index in [9.17, 15) is 19.5 Å². The van der Waals surface area contributed by atoms with Crippen LogP contribution in [0.3, 0.4) is 0 Å². The third-order valence-corrected chi connectivity index (χ3v) is 7.85. The molecule has 1 spiro atoms. The number of amides is 2. The number of hydrogen-bond acceptors (Lipinski definition) is 6. The molecule has 2 unspecified atom stereocenters. The number of fused-ring (bicyclic) bond motifs is 1. The lowest BCUT2D eigenvalue weighted by Gasteiger charge is -2.37. The maximum Gasteiger partial charge on any atom is 0.312 e. The zero-order chi connectivity index (χ0) is 24.0. The number of benzene rings is 1. The summed E-state index contributed by atoms with van der Waals surface area (Å²) in [4.78, 5) is 42.1. The smallest absolute Gasteiger partial charge is 0.312 e. The molecule has 3 aliphatic heterocycles. The van der Waals surface area contributed by atoms with Gasteiger partial charge in [0.15, 0.2) is 0 Å². The number of halogens is 1. The second-order valence-corrected chi connectivity index (χ2v) is 9.51. The van der Waals surface area contributed by atoms with Gasteiger partial charge < -0.3 is 24.8 Å². The van der Waals surface area contributed by atoms with Crippen LogP contribution in [0.5, 0.6) is 0 Å². The van der Waals surface area contributed by atoms with E-state index in [1.807, 2.05) is 13.8 Å². The summed E-state index contributed by atoms with van der Waals surface area (Å²) in [5.41, 5.74) is -1.45. The maximum absolute atomic E-state index is 13.8. The summed E-state index contributed by atoms with van der Waals surface area (Å²) in [6, 6.07) is 5.15. The van der Waals surface area contributed by atoms with Gasteiger partial charge in [-0.05, 0) is 56.9 Å². The Morgan fingerprint density at radius 2 is 1.97 bits per heavy atom. The van der Waals surface area contributed by atoms with Gasteiger partial charge in [0.05, 0.1) is 30.8 Å². The van der Waals surface area contributed by atoms with Gasteiger partial charge >= 0.3 is 5.97 Å². The van der Waals surface area contributed by atoms with E-state index in [1.165, 1.54) is 4.90 Å². The van der Waals surface area contributed by atoms with Gasteiger partial charge in [-0.2, -0.15) is 0 Å². The summed E-state index contributed by atoms with van der Waals surface area (Å²) in [7, 11) is 0. The summed E-state index contributed by atoms with van der Waals surface area (Å²) in [5.74, 6) is -2.81. The minimum Gasteiger partial charge on any atom is -0.466 e. The van der Waals surface area contributed by atoms with Crippen molar-refractivity contribution in [3.8, 4) is 0 Å². The number of carbonyl (C=O) groups excluding carboxylic acids is 3. The van der Waals surface area contributed by atoms with Gasteiger partial charge in [-0.1, -0.05) is 25.4 Å². The second-order valence-electron chi connectivity index (χ2n) is 9.07. The van der Waals surface area contributed by atoms with Gasteiger partial charge in [0.25, 0.3) is 0 Å². The predicted molar refractivity (Wildman–Crippen MR) is 122 cm³/mol. The largest absolute Gasteiger partial charge is 0.466 e. The SMILES string of the molecule is CCOC(=O)[C@H]1[C@H]2C(=O)N([C@@H](CC)CO)C(C(=O)Nc3ccc(Cl)cc3)C23CC[C@]1(CC)O3. The first-order chi connectivity index (χ1) is 15.8. The lowest BCUT2D eigenvalue weighted by molar-refractivity contribution is -0.161. The molecule has 1 aromatic carbocycles. The molecule has 0 saturated carbocycles. The standard InChI is InChI=1S/C24H31ClN2O6/c1-4-16(13-28)27-19(20(29)26-15-9-7-14(25)8-10-15)24-12-11-23(5-2,33-24)18(17(24)21(27)30)22(31)32-6-3/h7-10,16-19,28H,4-6,11-13H2,1-3H3,(H,26,29)/t16-,17-,18+,19?,23-,24?/m0/s1. The third-order valence-electron chi connectivity index (χ3n) is 7.59. The molecule has 33 heavy (non-hydrogen) atoms. The first-order valence-electron chi connectivity index (χ1n) is 11.6. The second kappa shape index (κ2) is 8.89. The van der Waals surface area contributed by atoms with Gasteiger partial charge in [0.2, 0.25) is 11.8 Å². The van der Waals surface area contributed by atoms with Gasteiger partial charge in [-0.25, -0.2) is 0 Å². The molecule has 1 aromatic rings. The Morgan fingerprint density at radius 3 is 2.55 bits per heavy atom. The van der Waals surface area contributed by atoms with Crippen LogP contribution in [0, 0.1) is 11.8 Å². The van der Waals surface area contributed by atoms with Crippen molar-refractivity contribution in [2.24, 2.45) is 11.8 Å². The monoisotopic (exact) mass is 478 g/mol. The van der Waals surface area contributed by atoms with Crippen LogP contribution in [0.25, 0.3) is 0 Å². The zero-order valence-electron chi connectivity index (χ0n) is 19.2. The lowest BCUT2D eigenvalue weighted by atomic mass is 9.65. The highest BCUT2D eigenvalue weighted by Gasteiger charge is 2.79. The molecular weight excluding hydrogens is 448 g/mol. The number of hydrogen-bond donors (Lipinski definition) is 2. The Hall–Kier alpha value is -2.16. The van der Waals surface area contributed by atoms with Crippen molar-refractivity contribution in [2.75, 3.05) is 18.5 Å². The molecule has 3 heterocycles. The molecule has 4 rings (SSSR count). The Balaban J connectivity index is 1.78. The van der Waals surface area contributed by atoms with E-state index in [0.717, 1.165) is 0 Å². The van der Waals surface area contributed by atoms with E-state index in [0.29, 0.717) is 36.4 Å². The highest BCUT2D eigenvalue weighted by atomic mass is 35.5. The minimum atomic E-state index is -1.15. The zero-order valence-corrected chi connectivity index (χ0v) is 19.9. The summed E-state index contributed by atoms with van der Waals surface area (Å²) in [6.07, 6.45) is 2.03. The van der Waals surface area contributed by atoms with Gasteiger partial charge in [-0.3, -0.25) is 14.4 Å². The average Bonchev–Trinajstić information content (AvgIpc) is 3.40. The van der Waals surface area contributed by atoms with E-state index in [4.69, 9.17) is 21.1 Å². The van der Waals surface area contributed by atoms with Crippen molar-refractivity contribution >= 4 is 35.1 Å². The van der Waals surface area contributed by atoms with Crippen molar-refractivity contribution in [1.29, 1.82) is 0 Å². The first kappa shape index (κ1) is 24.0. The highest BCUT2D eigenvalue weighted by Crippen LogP contribution is 2.64. The number of aliphatic hydroxyl groups excluding tert-OH is 1. The maximum atomic E-state index is 13.8. The Morgan fingerprint density at radius 1 is 1.27 bits per heavy atom. The molecule has 3 aliphatic rings. The number of aliphatic hydroxyl groups is 1. The number of ether oxygens (including phenoxy) is 2. The molecule has 6 atom stereocenters. The summed E-state index contributed by atoms with van der Waals surface area (Å²) in [5, 5.41) is 13.5. The Kier molecular flexibility index (Phi) is 6.46. The van der Waals surface area contributed by atoms with Gasteiger partial charge in [-0.15, -0.1) is 0 Å². The molecule has 0 radical (unpaired) electrons. The number of rotatable bonds is 8. The summed E-state index contributed by atoms with van der Waals surface area (Å²) in [6.45, 7) is 5.41. The molecule has 0 aromatic heterocycles. The van der Waals surface area contributed by atoms with Crippen LogP contribution in [-0.4, -0.2) is 64.3 Å². The average molecular weight is 479 g/mol. The molecular formula is C24H31ClN2O6. The van der Waals surface area contributed by atoms with Gasteiger partial charge in [0, 0.05) is 10.7 Å². The Labute approximate surface area is 198 Å². The fourth-order valence-electron chi connectivity index (χ4n) is 6.10. The fourth-order valence-corrected chi connectivity index (χ4v) is 6.22. The predicted octanol–water partition coefficient (Wildman–Crippen LogP) is 2.77. The van der Waals surface area contributed by atoms with E-state index in [2.05, 4.69) is 5.32 Å². The molecule has 3 saturated heterocycles. The van der Waals surface area contributed by atoms with Crippen molar-refractivity contribution in [2.45, 2.75) is 69.7 Å². The number of anilines is 1. The van der Waals surface area contributed by atoms with E-state index < -0.39 is 47.0 Å². The number of esters is 1. The van der Waals surface area contributed by atoms with Crippen LogP contribution in [0.1, 0.15) is 46.5 Å². The van der Waals surface area contributed by atoms with Gasteiger partial charge in [0.1, 0.15) is 17.6 Å². The molecule has 9 heteroatoms. The summed E-state index contributed by atoms with van der Waals surface area (Å²) < 4.78 is 12.0. The molecule has 2 bridgehead atoms. The van der Waals surface area contributed by atoms with Crippen LogP contribution in [0.15, 0.2) is 24.3 Å². The third kappa shape index (κ3) is 3.54. The first-order valence-corrected chi connectivity index (χ1v) is 12.0. The molecule has 3 fully saturated rings. The van der Waals surface area contributed by atoms with Crippen molar-refractivity contribution in [1.82, 2.24) is 4.90 Å². The number of carbonyl (C=O) groups is 3. The topological polar surface area (TPSA) is 105 Å². The van der Waals surface area contributed by atoms with E-state index in [1.54, 1.807) is 31.2 Å². The molecule has 2 amide bonds. The number of nitrogens with one attached hydrogen (secondary N) is 1. The number of likely N-dealkylation sites (tertiary alicyclic amines) is 1. The minimum absolute atomic E-state index is 0.196. The van der Waals surface area contributed by atoms with Crippen LogP contribution in [-0.2, 0) is 23.9 Å².